The first-order chi connectivity index (χ1) is 6.83. The van der Waals surface area contributed by atoms with Gasteiger partial charge >= 0.3 is 6.36 Å². The molecule has 0 saturated carbocycles. The molecule has 1 aromatic rings. The number of nitrogens with two attached hydrogens (primary N) is 1. The molecule has 0 aliphatic heterocycles. The molecule has 84 valence electrons. The molecule has 8 heteroatoms. The molecule has 0 atom stereocenters. The van der Waals surface area contributed by atoms with Gasteiger partial charge in [0.15, 0.2) is 0 Å². The number of hydrogen-bond donors (Lipinski definition) is 2. The normalized spacial score (nSPS) is 11.5. The summed E-state index contributed by atoms with van der Waals surface area (Å²) in [6.45, 7) is -0.192. The van der Waals surface area contributed by atoms with Crippen LogP contribution in [0.5, 0.6) is 5.75 Å². The summed E-state index contributed by atoms with van der Waals surface area (Å²) >= 11 is 2.88. The molecule has 15 heavy (non-hydrogen) atoms. The van der Waals surface area contributed by atoms with E-state index in [1.54, 1.807) is 0 Å². The average Bonchev–Trinajstić information content (AvgIpc) is 1.99. The van der Waals surface area contributed by atoms with Gasteiger partial charge in [0, 0.05) is 18.2 Å². The largest absolute Gasteiger partial charge is 0.573 e. The summed E-state index contributed by atoms with van der Waals surface area (Å²) in [5.74, 6) is -0.597. The Bertz CT molecular complexity index is 416. The number of hydrogen-bond acceptors (Lipinski definition) is 3. The first-order valence-corrected chi connectivity index (χ1v) is 4.50. The summed E-state index contributed by atoms with van der Waals surface area (Å²) < 4.78 is 39.5. The average molecular weight is 287 g/mol. The van der Waals surface area contributed by atoms with E-state index in [2.05, 4.69) is 25.7 Å². The fourth-order valence-electron chi connectivity index (χ4n) is 0.940. The Labute approximate surface area is 90.4 Å². The van der Waals surface area contributed by atoms with Crippen molar-refractivity contribution in [3.05, 3.63) is 26.6 Å². The van der Waals surface area contributed by atoms with Crippen LogP contribution in [0.4, 0.5) is 13.2 Å². The molecular formula is C7H6BrF3N2O2. The number of pyridine rings is 1. The van der Waals surface area contributed by atoms with E-state index in [0.29, 0.717) is 6.07 Å². The second kappa shape index (κ2) is 4.23. The van der Waals surface area contributed by atoms with Crippen LogP contribution in [0.1, 0.15) is 5.56 Å². The molecule has 0 aliphatic carbocycles. The molecule has 0 aromatic carbocycles. The van der Waals surface area contributed by atoms with Crippen molar-refractivity contribution in [3.8, 4) is 5.75 Å². The summed E-state index contributed by atoms with van der Waals surface area (Å²) in [5.41, 5.74) is 4.56. The fraction of sp³-hybridized carbons (Fsp3) is 0.286. The van der Waals surface area contributed by atoms with E-state index in [9.17, 15) is 18.0 Å². The Kier molecular flexibility index (Phi) is 3.40. The second-order valence-electron chi connectivity index (χ2n) is 2.54. The van der Waals surface area contributed by atoms with Gasteiger partial charge in [0.2, 0.25) is 0 Å². The van der Waals surface area contributed by atoms with Crippen LogP contribution >= 0.6 is 15.9 Å². The van der Waals surface area contributed by atoms with Gasteiger partial charge in [-0.05, 0) is 15.9 Å². The van der Waals surface area contributed by atoms with Crippen LogP contribution in [0.15, 0.2) is 15.5 Å². The minimum atomic E-state index is -4.85. The quantitative estimate of drug-likeness (QED) is 0.810. The van der Waals surface area contributed by atoms with Crippen molar-refractivity contribution in [1.29, 1.82) is 0 Å². The van der Waals surface area contributed by atoms with E-state index in [1.807, 2.05) is 0 Å². The molecule has 3 N–H and O–H groups in total. The van der Waals surface area contributed by atoms with Crippen LogP contribution in [0.25, 0.3) is 0 Å². The fourth-order valence-corrected chi connectivity index (χ4v) is 1.49. The van der Waals surface area contributed by atoms with Gasteiger partial charge in [-0.1, -0.05) is 0 Å². The highest BCUT2D eigenvalue weighted by atomic mass is 79.9. The van der Waals surface area contributed by atoms with Crippen molar-refractivity contribution >= 4 is 15.9 Å². The molecule has 0 aliphatic rings. The molecular weight excluding hydrogens is 281 g/mol. The van der Waals surface area contributed by atoms with Gasteiger partial charge in [-0.15, -0.1) is 13.2 Å². The predicted octanol–water partition coefficient (Wildman–Crippen LogP) is 1.49. The van der Waals surface area contributed by atoms with Crippen molar-refractivity contribution in [2.24, 2.45) is 5.73 Å². The van der Waals surface area contributed by atoms with Crippen molar-refractivity contribution < 1.29 is 17.9 Å². The zero-order valence-electron chi connectivity index (χ0n) is 7.19. The zero-order chi connectivity index (χ0) is 11.6. The highest BCUT2D eigenvalue weighted by molar-refractivity contribution is 9.10. The number of nitrogens with one attached hydrogen (secondary N) is 1. The molecule has 0 radical (unpaired) electrons. The maximum absolute atomic E-state index is 11.9. The molecule has 0 bridgehead atoms. The summed E-state index contributed by atoms with van der Waals surface area (Å²) in [4.78, 5) is 13.1. The number of aromatic nitrogens is 1. The van der Waals surface area contributed by atoms with Crippen LogP contribution in [0.3, 0.4) is 0 Å². The lowest BCUT2D eigenvalue weighted by Crippen LogP contribution is -2.21. The Morgan fingerprint density at radius 1 is 1.53 bits per heavy atom. The highest BCUT2D eigenvalue weighted by Crippen LogP contribution is 2.28. The number of H-pyrrole nitrogens is 1. The smallest absolute Gasteiger partial charge is 0.405 e. The molecule has 0 fully saturated rings. The molecule has 0 amide bonds. The number of alkyl halides is 3. The van der Waals surface area contributed by atoms with Gasteiger partial charge in [-0.2, -0.15) is 0 Å². The predicted molar refractivity (Wildman–Crippen MR) is 49.3 cm³/mol. The number of ether oxygens (including phenoxy) is 1. The first kappa shape index (κ1) is 12.1. The topological polar surface area (TPSA) is 68.1 Å². The van der Waals surface area contributed by atoms with Gasteiger partial charge in [-0.25, -0.2) is 0 Å². The van der Waals surface area contributed by atoms with E-state index in [4.69, 9.17) is 5.73 Å². The Morgan fingerprint density at radius 2 is 2.13 bits per heavy atom. The third-order valence-electron chi connectivity index (χ3n) is 1.49. The minimum absolute atomic E-state index is 0.0481. The zero-order valence-corrected chi connectivity index (χ0v) is 8.78. The lowest BCUT2D eigenvalue weighted by atomic mass is 10.2. The van der Waals surface area contributed by atoms with Gasteiger partial charge < -0.3 is 15.5 Å². The van der Waals surface area contributed by atoms with E-state index in [-0.39, 0.29) is 16.7 Å². The number of rotatable bonds is 2. The SMILES string of the molecule is NCc1c(OC(F)(F)F)cc(=O)[nH]c1Br. The van der Waals surface area contributed by atoms with Crippen molar-refractivity contribution in [2.45, 2.75) is 12.9 Å². The molecule has 0 unspecified atom stereocenters. The lowest BCUT2D eigenvalue weighted by molar-refractivity contribution is -0.275. The molecule has 0 saturated heterocycles. The van der Waals surface area contributed by atoms with Crippen molar-refractivity contribution in [1.82, 2.24) is 4.98 Å². The van der Waals surface area contributed by atoms with Gasteiger partial charge in [0.05, 0.1) is 4.60 Å². The monoisotopic (exact) mass is 286 g/mol. The van der Waals surface area contributed by atoms with Crippen LogP contribution in [0, 0.1) is 0 Å². The van der Waals surface area contributed by atoms with Gasteiger partial charge in [0.25, 0.3) is 5.56 Å². The number of aromatic amines is 1. The van der Waals surface area contributed by atoms with Gasteiger partial charge in [-0.3, -0.25) is 4.79 Å². The van der Waals surface area contributed by atoms with E-state index in [1.165, 1.54) is 0 Å². The van der Waals surface area contributed by atoms with Crippen LogP contribution < -0.4 is 16.0 Å². The standard InChI is InChI=1S/C7H6BrF3N2O2/c8-6-3(2-12)4(1-5(14)13-6)15-7(9,10)11/h1H,2,12H2,(H,13,14). The van der Waals surface area contributed by atoms with Gasteiger partial charge in [0.1, 0.15) is 5.75 Å². The Hall–Kier alpha value is -1.02. The Balaban J connectivity index is 3.21. The van der Waals surface area contributed by atoms with Crippen LogP contribution in [0.2, 0.25) is 0 Å². The number of halogens is 4. The molecule has 1 aromatic heterocycles. The maximum Gasteiger partial charge on any atom is 0.573 e. The molecule has 1 rings (SSSR count). The van der Waals surface area contributed by atoms with E-state index in [0.717, 1.165) is 0 Å². The molecule has 4 nitrogen and oxygen atoms in total. The third-order valence-corrected chi connectivity index (χ3v) is 2.16. The summed E-state index contributed by atoms with van der Waals surface area (Å²) in [6.07, 6.45) is -4.85. The summed E-state index contributed by atoms with van der Waals surface area (Å²) in [7, 11) is 0. The maximum atomic E-state index is 11.9. The van der Waals surface area contributed by atoms with Crippen LogP contribution in [-0.4, -0.2) is 11.3 Å². The first-order valence-electron chi connectivity index (χ1n) is 3.71. The van der Waals surface area contributed by atoms with Crippen molar-refractivity contribution in [2.75, 3.05) is 0 Å². The summed E-state index contributed by atoms with van der Waals surface area (Å²) in [6, 6.07) is 0.695. The lowest BCUT2D eigenvalue weighted by Gasteiger charge is -2.12. The van der Waals surface area contributed by atoms with Crippen molar-refractivity contribution in [3.63, 3.8) is 0 Å². The van der Waals surface area contributed by atoms with E-state index < -0.39 is 17.7 Å². The summed E-state index contributed by atoms with van der Waals surface area (Å²) in [5, 5.41) is 0. The van der Waals surface area contributed by atoms with Crippen LogP contribution in [-0.2, 0) is 6.54 Å². The Morgan fingerprint density at radius 3 is 2.60 bits per heavy atom. The molecule has 1 heterocycles. The molecule has 0 spiro atoms. The minimum Gasteiger partial charge on any atom is -0.405 e. The highest BCUT2D eigenvalue weighted by Gasteiger charge is 2.32. The van der Waals surface area contributed by atoms with E-state index >= 15 is 0 Å². The second-order valence-corrected chi connectivity index (χ2v) is 3.34. The third kappa shape index (κ3) is 3.24.